The minimum Gasteiger partial charge on any atom is -0.449 e. The van der Waals surface area contributed by atoms with Crippen molar-refractivity contribution in [3.05, 3.63) is 57.2 Å². The normalized spacial score (nSPS) is 11.7. The highest BCUT2D eigenvalue weighted by atomic mass is 35.5. The Morgan fingerprint density at radius 2 is 1.88 bits per heavy atom. The van der Waals surface area contributed by atoms with E-state index in [2.05, 4.69) is 10.3 Å². The topological polar surface area (TPSA) is 68.3 Å². The number of carbonyl (C=O) groups is 2. The largest absolute Gasteiger partial charge is 0.449 e. The van der Waals surface area contributed by atoms with Crippen LogP contribution in [0.1, 0.15) is 28.4 Å². The summed E-state index contributed by atoms with van der Waals surface area (Å²) in [5, 5.41) is 3.05. The van der Waals surface area contributed by atoms with E-state index in [-0.39, 0.29) is 10.8 Å². The number of aryl methyl sites for hydroxylation is 2. The molecule has 1 aromatic heterocycles. The fourth-order valence-electron chi connectivity index (χ4n) is 1.88. The SMILES string of the molecule is Cc1ccc(C(=O)O[C@@H](C)C(=O)Nc2ncc(Cl)cc2Cl)cc1C. The fourth-order valence-corrected chi connectivity index (χ4v) is 2.30. The van der Waals surface area contributed by atoms with Crippen LogP contribution in [0.5, 0.6) is 0 Å². The number of esters is 1. The number of carbonyl (C=O) groups excluding carboxylic acids is 2. The van der Waals surface area contributed by atoms with Crippen molar-refractivity contribution in [2.75, 3.05) is 5.32 Å². The van der Waals surface area contributed by atoms with Crippen molar-refractivity contribution in [2.24, 2.45) is 0 Å². The van der Waals surface area contributed by atoms with Crippen LogP contribution in [0.25, 0.3) is 0 Å². The van der Waals surface area contributed by atoms with E-state index in [1.807, 2.05) is 19.9 Å². The van der Waals surface area contributed by atoms with Gasteiger partial charge in [0.25, 0.3) is 5.91 Å². The number of hydrogen-bond acceptors (Lipinski definition) is 4. The van der Waals surface area contributed by atoms with Gasteiger partial charge in [-0.05, 0) is 50.1 Å². The lowest BCUT2D eigenvalue weighted by molar-refractivity contribution is -0.123. The number of nitrogens with zero attached hydrogens (tertiary/aromatic N) is 1. The van der Waals surface area contributed by atoms with Crippen LogP contribution in [0, 0.1) is 13.8 Å². The first kappa shape index (κ1) is 18.2. The number of anilines is 1. The second-order valence-electron chi connectivity index (χ2n) is 5.32. The summed E-state index contributed by atoms with van der Waals surface area (Å²) in [6.45, 7) is 5.32. The maximum absolute atomic E-state index is 12.1. The summed E-state index contributed by atoms with van der Waals surface area (Å²) < 4.78 is 5.18. The average molecular weight is 367 g/mol. The van der Waals surface area contributed by atoms with Gasteiger partial charge in [0.2, 0.25) is 0 Å². The molecule has 7 heteroatoms. The van der Waals surface area contributed by atoms with Gasteiger partial charge in [0.1, 0.15) is 0 Å². The number of ether oxygens (including phenoxy) is 1. The molecular formula is C17H16Cl2N2O3. The Hall–Kier alpha value is -2.11. The van der Waals surface area contributed by atoms with Gasteiger partial charge in [-0.1, -0.05) is 29.3 Å². The van der Waals surface area contributed by atoms with Crippen LogP contribution in [-0.2, 0) is 9.53 Å². The van der Waals surface area contributed by atoms with Crippen molar-refractivity contribution in [3.63, 3.8) is 0 Å². The molecule has 1 N–H and O–H groups in total. The third kappa shape index (κ3) is 4.46. The van der Waals surface area contributed by atoms with Gasteiger partial charge in [-0.3, -0.25) is 4.79 Å². The van der Waals surface area contributed by atoms with E-state index < -0.39 is 18.0 Å². The van der Waals surface area contributed by atoms with Gasteiger partial charge in [-0.25, -0.2) is 9.78 Å². The molecular weight excluding hydrogens is 351 g/mol. The Kier molecular flexibility index (Phi) is 5.80. The Balaban J connectivity index is 2.02. The first-order valence-electron chi connectivity index (χ1n) is 7.18. The highest BCUT2D eigenvalue weighted by Gasteiger charge is 2.20. The van der Waals surface area contributed by atoms with E-state index in [4.69, 9.17) is 27.9 Å². The van der Waals surface area contributed by atoms with Gasteiger partial charge in [-0.2, -0.15) is 0 Å². The van der Waals surface area contributed by atoms with Crippen LogP contribution >= 0.6 is 23.2 Å². The summed E-state index contributed by atoms with van der Waals surface area (Å²) in [6, 6.07) is 6.67. The fraction of sp³-hybridized carbons (Fsp3) is 0.235. The molecule has 0 aliphatic heterocycles. The second kappa shape index (κ2) is 7.64. The lowest BCUT2D eigenvalue weighted by atomic mass is 10.1. The maximum atomic E-state index is 12.1. The van der Waals surface area contributed by atoms with Crippen LogP contribution < -0.4 is 5.32 Å². The third-order valence-electron chi connectivity index (χ3n) is 3.45. The molecule has 0 aliphatic carbocycles. The summed E-state index contributed by atoms with van der Waals surface area (Å²) in [7, 11) is 0. The molecule has 1 aromatic carbocycles. The molecule has 0 saturated carbocycles. The first-order valence-corrected chi connectivity index (χ1v) is 7.93. The molecule has 2 rings (SSSR count). The number of aromatic nitrogens is 1. The number of amides is 1. The summed E-state index contributed by atoms with van der Waals surface area (Å²) in [4.78, 5) is 28.2. The summed E-state index contributed by atoms with van der Waals surface area (Å²) >= 11 is 11.7. The molecule has 0 saturated heterocycles. The van der Waals surface area contributed by atoms with Crippen LogP contribution in [0.15, 0.2) is 30.5 Å². The summed E-state index contributed by atoms with van der Waals surface area (Å²) in [5.41, 5.74) is 2.43. The smallest absolute Gasteiger partial charge is 0.338 e. The van der Waals surface area contributed by atoms with Crippen LogP contribution in [0.4, 0.5) is 5.82 Å². The Bertz CT molecular complexity index is 793. The number of hydrogen-bond donors (Lipinski definition) is 1. The van der Waals surface area contributed by atoms with E-state index in [1.165, 1.54) is 19.2 Å². The van der Waals surface area contributed by atoms with E-state index in [1.54, 1.807) is 12.1 Å². The lowest BCUT2D eigenvalue weighted by Gasteiger charge is -2.14. The predicted molar refractivity (Wildman–Crippen MR) is 93.7 cm³/mol. The Morgan fingerprint density at radius 1 is 1.17 bits per heavy atom. The minimum absolute atomic E-state index is 0.153. The van der Waals surface area contributed by atoms with E-state index >= 15 is 0 Å². The van der Waals surface area contributed by atoms with Crippen molar-refractivity contribution in [2.45, 2.75) is 26.9 Å². The van der Waals surface area contributed by atoms with Gasteiger partial charge >= 0.3 is 5.97 Å². The molecule has 126 valence electrons. The van der Waals surface area contributed by atoms with Crippen molar-refractivity contribution in [1.82, 2.24) is 4.98 Å². The summed E-state index contributed by atoms with van der Waals surface area (Å²) in [6.07, 6.45) is 0.349. The minimum atomic E-state index is -1.01. The van der Waals surface area contributed by atoms with E-state index in [0.29, 0.717) is 10.6 Å². The van der Waals surface area contributed by atoms with E-state index in [9.17, 15) is 9.59 Å². The Labute approximate surface area is 149 Å². The average Bonchev–Trinajstić information content (AvgIpc) is 2.52. The molecule has 0 radical (unpaired) electrons. The maximum Gasteiger partial charge on any atom is 0.338 e. The van der Waals surface area contributed by atoms with Crippen molar-refractivity contribution in [3.8, 4) is 0 Å². The van der Waals surface area contributed by atoms with Gasteiger partial charge in [-0.15, -0.1) is 0 Å². The third-order valence-corrected chi connectivity index (χ3v) is 3.94. The lowest BCUT2D eigenvalue weighted by Crippen LogP contribution is -2.30. The molecule has 0 aliphatic rings. The number of rotatable bonds is 4. The molecule has 2 aromatic rings. The second-order valence-corrected chi connectivity index (χ2v) is 6.16. The van der Waals surface area contributed by atoms with Crippen LogP contribution in [0.3, 0.4) is 0 Å². The number of pyridine rings is 1. The molecule has 0 unspecified atom stereocenters. The Morgan fingerprint density at radius 3 is 2.50 bits per heavy atom. The zero-order valence-electron chi connectivity index (χ0n) is 13.4. The molecule has 1 amide bonds. The van der Waals surface area contributed by atoms with E-state index in [0.717, 1.165) is 11.1 Å². The highest BCUT2D eigenvalue weighted by molar-refractivity contribution is 6.36. The van der Waals surface area contributed by atoms with Gasteiger partial charge < -0.3 is 10.1 Å². The van der Waals surface area contributed by atoms with Gasteiger partial charge in [0.05, 0.1) is 15.6 Å². The van der Waals surface area contributed by atoms with Gasteiger partial charge in [0, 0.05) is 6.20 Å². The molecule has 1 heterocycles. The van der Waals surface area contributed by atoms with Crippen molar-refractivity contribution in [1.29, 1.82) is 0 Å². The highest BCUT2D eigenvalue weighted by Crippen LogP contribution is 2.22. The number of halogens is 2. The quantitative estimate of drug-likeness (QED) is 0.823. The van der Waals surface area contributed by atoms with Gasteiger partial charge in [0.15, 0.2) is 11.9 Å². The first-order chi connectivity index (χ1) is 11.3. The monoisotopic (exact) mass is 366 g/mol. The molecule has 5 nitrogen and oxygen atoms in total. The molecule has 24 heavy (non-hydrogen) atoms. The standard InChI is InChI=1S/C17H16Cl2N2O3/c1-9-4-5-12(6-10(9)2)17(23)24-11(3)16(22)21-15-14(19)7-13(18)8-20-15/h4-8,11H,1-3H3,(H,20,21,22)/t11-/m0/s1. The van der Waals surface area contributed by atoms with Crippen LogP contribution in [-0.4, -0.2) is 23.0 Å². The number of nitrogens with one attached hydrogen (secondary N) is 1. The van der Waals surface area contributed by atoms with Crippen molar-refractivity contribution < 1.29 is 14.3 Å². The molecule has 0 fully saturated rings. The zero-order valence-corrected chi connectivity index (χ0v) is 14.9. The zero-order chi connectivity index (χ0) is 17.9. The van der Waals surface area contributed by atoms with Crippen molar-refractivity contribution >= 4 is 40.9 Å². The van der Waals surface area contributed by atoms with Crippen LogP contribution in [0.2, 0.25) is 10.0 Å². The number of benzene rings is 1. The predicted octanol–water partition coefficient (Wildman–Crippen LogP) is 4.19. The molecule has 1 atom stereocenters. The molecule has 0 bridgehead atoms. The molecule has 0 spiro atoms. The summed E-state index contributed by atoms with van der Waals surface area (Å²) in [5.74, 6) is -0.958.